The predicted molar refractivity (Wildman–Crippen MR) is 74.8 cm³/mol. The second kappa shape index (κ2) is 6.38. The molecule has 0 spiro atoms. The SMILES string of the molecule is CCCN(c1ccc(N)c(OCC)c1)C(C)C. The van der Waals surface area contributed by atoms with Crippen LogP contribution in [0.3, 0.4) is 0 Å². The van der Waals surface area contributed by atoms with E-state index in [4.69, 9.17) is 10.5 Å². The summed E-state index contributed by atoms with van der Waals surface area (Å²) in [6.07, 6.45) is 1.13. The number of nitrogens with zero attached hydrogens (tertiary/aromatic N) is 1. The van der Waals surface area contributed by atoms with Gasteiger partial charge in [-0.25, -0.2) is 0 Å². The summed E-state index contributed by atoms with van der Waals surface area (Å²) >= 11 is 0. The van der Waals surface area contributed by atoms with Gasteiger partial charge in [0.25, 0.3) is 0 Å². The van der Waals surface area contributed by atoms with Crippen molar-refractivity contribution in [2.75, 3.05) is 23.8 Å². The van der Waals surface area contributed by atoms with E-state index in [1.54, 1.807) is 0 Å². The second-order valence-corrected chi connectivity index (χ2v) is 4.44. The molecule has 0 bridgehead atoms. The minimum atomic E-state index is 0.480. The Morgan fingerprint density at radius 3 is 2.53 bits per heavy atom. The Morgan fingerprint density at radius 2 is 2.00 bits per heavy atom. The van der Waals surface area contributed by atoms with E-state index in [1.165, 1.54) is 5.69 Å². The van der Waals surface area contributed by atoms with E-state index in [2.05, 4.69) is 31.7 Å². The number of nitrogen functional groups attached to an aromatic ring is 1. The highest BCUT2D eigenvalue weighted by Crippen LogP contribution is 2.28. The molecule has 0 saturated heterocycles. The molecule has 0 amide bonds. The van der Waals surface area contributed by atoms with Crippen LogP contribution < -0.4 is 15.4 Å². The molecular formula is C14H24N2O. The number of hydrogen-bond acceptors (Lipinski definition) is 3. The first-order valence-corrected chi connectivity index (χ1v) is 6.39. The normalized spacial score (nSPS) is 10.6. The topological polar surface area (TPSA) is 38.5 Å². The zero-order chi connectivity index (χ0) is 12.8. The molecule has 2 N–H and O–H groups in total. The first-order valence-electron chi connectivity index (χ1n) is 6.39. The maximum atomic E-state index is 5.88. The molecule has 1 rings (SSSR count). The standard InChI is InChI=1S/C14H24N2O/c1-5-9-16(11(3)4)12-7-8-13(15)14(10-12)17-6-2/h7-8,10-11H,5-6,9,15H2,1-4H3. The third-order valence-corrected chi connectivity index (χ3v) is 2.72. The van der Waals surface area contributed by atoms with Crippen LogP contribution >= 0.6 is 0 Å². The Kier molecular flexibility index (Phi) is 5.13. The van der Waals surface area contributed by atoms with E-state index in [1.807, 2.05) is 19.1 Å². The van der Waals surface area contributed by atoms with Crippen LogP contribution in [0.4, 0.5) is 11.4 Å². The van der Waals surface area contributed by atoms with Gasteiger partial charge in [-0.2, -0.15) is 0 Å². The third kappa shape index (κ3) is 3.55. The van der Waals surface area contributed by atoms with Crippen molar-refractivity contribution in [3.05, 3.63) is 18.2 Å². The molecule has 96 valence electrons. The van der Waals surface area contributed by atoms with E-state index < -0.39 is 0 Å². The zero-order valence-corrected chi connectivity index (χ0v) is 11.4. The fraction of sp³-hybridized carbons (Fsp3) is 0.571. The van der Waals surface area contributed by atoms with Gasteiger partial charge in [-0.1, -0.05) is 6.92 Å². The minimum Gasteiger partial charge on any atom is -0.492 e. The fourth-order valence-corrected chi connectivity index (χ4v) is 1.91. The van der Waals surface area contributed by atoms with Crippen molar-refractivity contribution in [2.24, 2.45) is 0 Å². The maximum absolute atomic E-state index is 5.88. The van der Waals surface area contributed by atoms with Gasteiger partial charge in [0, 0.05) is 24.3 Å². The molecule has 3 heteroatoms. The molecule has 0 aliphatic heterocycles. The second-order valence-electron chi connectivity index (χ2n) is 4.44. The van der Waals surface area contributed by atoms with Gasteiger partial charge >= 0.3 is 0 Å². The van der Waals surface area contributed by atoms with Crippen molar-refractivity contribution in [2.45, 2.75) is 40.2 Å². The molecule has 0 aliphatic carbocycles. The summed E-state index contributed by atoms with van der Waals surface area (Å²) < 4.78 is 5.53. The van der Waals surface area contributed by atoms with Crippen LogP contribution in [0.2, 0.25) is 0 Å². The summed E-state index contributed by atoms with van der Waals surface area (Å²) in [5.41, 5.74) is 7.77. The molecule has 0 aromatic heterocycles. The molecule has 0 unspecified atom stereocenters. The van der Waals surface area contributed by atoms with Crippen LogP contribution in [-0.4, -0.2) is 19.2 Å². The first kappa shape index (κ1) is 13.7. The molecule has 0 aliphatic rings. The van der Waals surface area contributed by atoms with E-state index >= 15 is 0 Å². The summed E-state index contributed by atoms with van der Waals surface area (Å²) in [6, 6.07) is 6.50. The number of rotatable bonds is 6. The Labute approximate surface area is 105 Å². The van der Waals surface area contributed by atoms with Crippen molar-refractivity contribution >= 4 is 11.4 Å². The molecule has 0 atom stereocenters. The van der Waals surface area contributed by atoms with Crippen molar-refractivity contribution in [3.8, 4) is 5.75 Å². The Morgan fingerprint density at radius 1 is 1.29 bits per heavy atom. The summed E-state index contributed by atoms with van der Waals surface area (Å²) in [6.45, 7) is 10.3. The average Bonchev–Trinajstić information content (AvgIpc) is 2.29. The highest BCUT2D eigenvalue weighted by molar-refractivity contribution is 5.62. The number of nitrogens with two attached hydrogens (primary N) is 1. The van der Waals surface area contributed by atoms with Crippen molar-refractivity contribution in [1.29, 1.82) is 0 Å². The van der Waals surface area contributed by atoms with Crippen molar-refractivity contribution in [3.63, 3.8) is 0 Å². The summed E-state index contributed by atoms with van der Waals surface area (Å²) in [5.74, 6) is 0.784. The van der Waals surface area contributed by atoms with Crippen LogP contribution in [0.15, 0.2) is 18.2 Å². The molecule has 0 fully saturated rings. The molecular weight excluding hydrogens is 212 g/mol. The quantitative estimate of drug-likeness (QED) is 0.770. The highest BCUT2D eigenvalue weighted by atomic mass is 16.5. The molecule has 3 nitrogen and oxygen atoms in total. The van der Waals surface area contributed by atoms with Gasteiger partial charge in [-0.15, -0.1) is 0 Å². The van der Waals surface area contributed by atoms with Crippen molar-refractivity contribution in [1.82, 2.24) is 0 Å². The number of hydrogen-bond donors (Lipinski definition) is 1. The molecule has 1 aromatic carbocycles. The molecule has 0 radical (unpaired) electrons. The maximum Gasteiger partial charge on any atom is 0.144 e. The number of anilines is 2. The molecule has 17 heavy (non-hydrogen) atoms. The van der Waals surface area contributed by atoms with Gasteiger partial charge < -0.3 is 15.4 Å². The smallest absolute Gasteiger partial charge is 0.144 e. The van der Waals surface area contributed by atoms with E-state index in [-0.39, 0.29) is 0 Å². The van der Waals surface area contributed by atoms with E-state index in [0.717, 1.165) is 18.7 Å². The Bertz CT molecular complexity index is 350. The van der Waals surface area contributed by atoms with Gasteiger partial charge in [-0.05, 0) is 39.3 Å². The predicted octanol–water partition coefficient (Wildman–Crippen LogP) is 3.29. The highest BCUT2D eigenvalue weighted by Gasteiger charge is 2.11. The molecule has 1 aromatic rings. The summed E-state index contributed by atoms with van der Waals surface area (Å²) in [5, 5.41) is 0. The van der Waals surface area contributed by atoms with Crippen LogP contribution in [0.5, 0.6) is 5.75 Å². The lowest BCUT2D eigenvalue weighted by molar-refractivity contribution is 0.342. The lowest BCUT2D eigenvalue weighted by Gasteiger charge is -2.29. The van der Waals surface area contributed by atoms with Crippen LogP contribution in [0, 0.1) is 0 Å². The van der Waals surface area contributed by atoms with Crippen LogP contribution in [-0.2, 0) is 0 Å². The number of benzene rings is 1. The summed E-state index contributed by atoms with van der Waals surface area (Å²) in [4.78, 5) is 2.36. The largest absolute Gasteiger partial charge is 0.492 e. The summed E-state index contributed by atoms with van der Waals surface area (Å²) in [7, 11) is 0. The van der Waals surface area contributed by atoms with Gasteiger partial charge in [0.15, 0.2) is 0 Å². The molecule has 0 heterocycles. The van der Waals surface area contributed by atoms with E-state index in [9.17, 15) is 0 Å². The Balaban J connectivity index is 2.99. The number of ether oxygens (including phenoxy) is 1. The van der Waals surface area contributed by atoms with Gasteiger partial charge in [0.2, 0.25) is 0 Å². The average molecular weight is 236 g/mol. The Hall–Kier alpha value is -1.38. The van der Waals surface area contributed by atoms with Crippen molar-refractivity contribution < 1.29 is 4.74 Å². The molecule has 0 saturated carbocycles. The minimum absolute atomic E-state index is 0.480. The lowest BCUT2D eigenvalue weighted by atomic mass is 10.2. The fourth-order valence-electron chi connectivity index (χ4n) is 1.91. The van der Waals surface area contributed by atoms with Gasteiger partial charge in [-0.3, -0.25) is 0 Å². The monoisotopic (exact) mass is 236 g/mol. The first-order chi connectivity index (χ1) is 8.10. The van der Waals surface area contributed by atoms with Crippen LogP contribution in [0.25, 0.3) is 0 Å². The van der Waals surface area contributed by atoms with E-state index in [0.29, 0.717) is 18.3 Å². The van der Waals surface area contributed by atoms with Crippen LogP contribution in [0.1, 0.15) is 34.1 Å². The van der Waals surface area contributed by atoms with Gasteiger partial charge in [0.1, 0.15) is 5.75 Å². The lowest BCUT2D eigenvalue weighted by Crippen LogP contribution is -2.31. The third-order valence-electron chi connectivity index (χ3n) is 2.72. The zero-order valence-electron chi connectivity index (χ0n) is 11.4. The van der Waals surface area contributed by atoms with Gasteiger partial charge in [0.05, 0.1) is 12.3 Å².